The van der Waals surface area contributed by atoms with E-state index in [-0.39, 0.29) is 24.5 Å². The molecule has 3 aromatic rings. The lowest BCUT2D eigenvalue weighted by Crippen LogP contribution is -2.44. The van der Waals surface area contributed by atoms with Crippen molar-refractivity contribution in [3.63, 3.8) is 0 Å². The summed E-state index contributed by atoms with van der Waals surface area (Å²) in [5.74, 6) is -0.697. The molecule has 2 atom stereocenters. The Hall–Kier alpha value is -3.20. The van der Waals surface area contributed by atoms with Crippen LogP contribution in [-0.4, -0.2) is 34.4 Å². The van der Waals surface area contributed by atoms with Crippen LogP contribution in [0.1, 0.15) is 24.5 Å². The zero-order chi connectivity index (χ0) is 25.2. The van der Waals surface area contributed by atoms with Crippen LogP contribution >= 0.6 is 15.9 Å². The van der Waals surface area contributed by atoms with Crippen LogP contribution in [0.25, 0.3) is 5.69 Å². The Kier molecular flexibility index (Phi) is 7.25. The van der Waals surface area contributed by atoms with Gasteiger partial charge in [-0.3, -0.25) is 14.2 Å². The number of methoxy groups -OCH3 is 1. The summed E-state index contributed by atoms with van der Waals surface area (Å²) < 4.78 is 7.40. The van der Waals surface area contributed by atoms with Gasteiger partial charge < -0.3 is 19.8 Å². The Bertz CT molecular complexity index is 1340. The van der Waals surface area contributed by atoms with Crippen LogP contribution in [0.4, 0.5) is 5.69 Å². The predicted octanol–water partition coefficient (Wildman–Crippen LogP) is 3.92. The molecule has 0 radical (unpaired) electrons. The number of pyridine rings is 1. The van der Waals surface area contributed by atoms with Gasteiger partial charge in [-0.1, -0.05) is 47.1 Å². The fraction of sp³-hybridized carbons (Fsp3) is 0.259. The second-order valence-corrected chi connectivity index (χ2v) is 9.39. The largest absolute Gasteiger partial charge is 0.491 e. The first kappa shape index (κ1) is 24.9. The topological polar surface area (TPSA) is 92.0 Å². The molecular formula is C27H27BrN2O5. The third-order valence-electron chi connectivity index (χ3n) is 6.27. The molecule has 0 saturated carbocycles. The first-order valence-corrected chi connectivity index (χ1v) is 12.1. The average molecular weight is 539 g/mol. The minimum absolute atomic E-state index is 0.00340. The van der Waals surface area contributed by atoms with Gasteiger partial charge in [0.2, 0.25) is 0 Å². The third kappa shape index (κ3) is 4.57. The molecule has 0 unspecified atom stereocenters. The van der Waals surface area contributed by atoms with E-state index in [0.29, 0.717) is 23.4 Å². The standard InChI is InChI=1S/C27H27BrN2O5/c1-18(7-3-4-14-31)27(34)22-16-20(28)11-12-23(22)30(26(27)33)17-19-8-5-9-21(15-19)29-13-6-10-24(35-2)25(29)32/h3,5-13,15-16,18,31,34H,4,14,17H2,1-2H3/b7-3+/t18-,27+/m1/s1. The average Bonchev–Trinajstić information content (AvgIpc) is 3.06. The van der Waals surface area contributed by atoms with E-state index in [2.05, 4.69) is 15.9 Å². The van der Waals surface area contributed by atoms with Crippen LogP contribution in [0.15, 0.2) is 82.2 Å². The number of hydrogen-bond acceptors (Lipinski definition) is 5. The van der Waals surface area contributed by atoms with Crippen molar-refractivity contribution in [1.29, 1.82) is 0 Å². The van der Waals surface area contributed by atoms with Gasteiger partial charge in [0.1, 0.15) is 0 Å². The molecule has 2 aromatic carbocycles. The molecule has 0 bridgehead atoms. The molecule has 1 aromatic heterocycles. The summed E-state index contributed by atoms with van der Waals surface area (Å²) in [4.78, 5) is 27.9. The number of hydrogen-bond donors (Lipinski definition) is 2. The molecule has 0 spiro atoms. The molecule has 182 valence electrons. The highest BCUT2D eigenvalue weighted by atomic mass is 79.9. The molecule has 0 aliphatic carbocycles. The Morgan fingerprint density at radius 1 is 1.14 bits per heavy atom. The van der Waals surface area contributed by atoms with E-state index in [0.717, 1.165) is 10.0 Å². The van der Waals surface area contributed by atoms with Gasteiger partial charge in [-0.25, -0.2) is 0 Å². The normalized spacial score (nSPS) is 18.2. The number of carbonyl (C=O) groups is 1. The molecule has 4 rings (SSSR count). The van der Waals surface area contributed by atoms with Crippen molar-refractivity contribution in [2.24, 2.45) is 5.92 Å². The molecule has 8 heteroatoms. The highest BCUT2D eigenvalue weighted by molar-refractivity contribution is 9.10. The van der Waals surface area contributed by atoms with E-state index in [1.54, 1.807) is 48.4 Å². The lowest BCUT2D eigenvalue weighted by molar-refractivity contribution is -0.139. The van der Waals surface area contributed by atoms with Crippen LogP contribution in [0.3, 0.4) is 0 Å². The molecular weight excluding hydrogens is 512 g/mol. The van der Waals surface area contributed by atoms with Crippen molar-refractivity contribution in [1.82, 2.24) is 4.57 Å². The number of fused-ring (bicyclic) bond motifs is 1. The van der Waals surface area contributed by atoms with Crippen molar-refractivity contribution in [3.8, 4) is 11.4 Å². The summed E-state index contributed by atoms with van der Waals surface area (Å²) >= 11 is 3.46. The summed E-state index contributed by atoms with van der Waals surface area (Å²) in [6.07, 6.45) is 5.64. The second kappa shape index (κ2) is 10.2. The van der Waals surface area contributed by atoms with Crippen LogP contribution in [0, 0.1) is 5.92 Å². The van der Waals surface area contributed by atoms with Crippen molar-refractivity contribution in [2.75, 3.05) is 18.6 Å². The second-order valence-electron chi connectivity index (χ2n) is 8.47. The number of rotatable bonds is 8. The first-order chi connectivity index (χ1) is 16.8. The lowest BCUT2D eigenvalue weighted by atomic mass is 9.83. The summed E-state index contributed by atoms with van der Waals surface area (Å²) in [6.45, 7) is 2.00. The van der Waals surface area contributed by atoms with Gasteiger partial charge in [-0.05, 0) is 54.4 Å². The first-order valence-electron chi connectivity index (χ1n) is 11.3. The maximum Gasteiger partial charge on any atom is 0.297 e. The van der Waals surface area contributed by atoms with E-state index >= 15 is 0 Å². The van der Waals surface area contributed by atoms with E-state index in [1.807, 2.05) is 36.4 Å². The minimum atomic E-state index is -1.74. The highest BCUT2D eigenvalue weighted by Crippen LogP contribution is 2.46. The van der Waals surface area contributed by atoms with Crippen LogP contribution in [0.5, 0.6) is 5.75 Å². The number of aliphatic hydroxyl groups is 2. The molecule has 0 fully saturated rings. The van der Waals surface area contributed by atoms with Crippen molar-refractivity contribution in [3.05, 3.63) is 98.9 Å². The van der Waals surface area contributed by atoms with Crippen molar-refractivity contribution in [2.45, 2.75) is 25.5 Å². The van der Waals surface area contributed by atoms with Gasteiger partial charge in [-0.2, -0.15) is 0 Å². The maximum atomic E-state index is 13.7. The van der Waals surface area contributed by atoms with Crippen LogP contribution in [0.2, 0.25) is 0 Å². The molecule has 7 nitrogen and oxygen atoms in total. The number of anilines is 1. The zero-order valence-corrected chi connectivity index (χ0v) is 21.1. The SMILES string of the molecule is COc1cccn(-c2cccc(CN3C(=O)[C@](O)([C@H](C)/C=C/CCO)c4cc(Br)ccc43)c2)c1=O. The Balaban J connectivity index is 1.71. The number of aromatic nitrogens is 1. The molecule has 1 aliphatic rings. The fourth-order valence-electron chi connectivity index (χ4n) is 4.41. The number of nitrogens with zero attached hydrogens (tertiary/aromatic N) is 2. The Morgan fingerprint density at radius 3 is 2.69 bits per heavy atom. The summed E-state index contributed by atoms with van der Waals surface area (Å²) in [7, 11) is 1.45. The van der Waals surface area contributed by atoms with Gasteiger partial charge in [-0.15, -0.1) is 0 Å². The predicted molar refractivity (Wildman–Crippen MR) is 138 cm³/mol. The molecule has 2 heterocycles. The van der Waals surface area contributed by atoms with Gasteiger partial charge in [0, 0.05) is 34.4 Å². The lowest BCUT2D eigenvalue weighted by Gasteiger charge is -2.27. The van der Waals surface area contributed by atoms with Crippen molar-refractivity contribution < 1.29 is 19.7 Å². The third-order valence-corrected chi connectivity index (χ3v) is 6.77. The van der Waals surface area contributed by atoms with Gasteiger partial charge in [0.25, 0.3) is 11.5 Å². The maximum absolute atomic E-state index is 13.7. The number of halogens is 1. The number of aliphatic hydroxyl groups excluding tert-OH is 1. The Morgan fingerprint density at radius 2 is 1.94 bits per heavy atom. The Labute approximate surface area is 212 Å². The summed E-state index contributed by atoms with van der Waals surface area (Å²) in [5.41, 5.74) is 0.575. The van der Waals surface area contributed by atoms with Crippen molar-refractivity contribution >= 4 is 27.5 Å². The van der Waals surface area contributed by atoms with E-state index < -0.39 is 17.4 Å². The van der Waals surface area contributed by atoms with Crippen LogP contribution in [-0.2, 0) is 16.9 Å². The van der Waals surface area contributed by atoms with E-state index in [1.165, 1.54) is 11.7 Å². The number of ether oxygens (including phenoxy) is 1. The molecule has 2 N–H and O–H groups in total. The van der Waals surface area contributed by atoms with Crippen LogP contribution < -0.4 is 15.2 Å². The fourth-order valence-corrected chi connectivity index (χ4v) is 4.77. The quantitative estimate of drug-likeness (QED) is 0.424. The van der Waals surface area contributed by atoms with Gasteiger partial charge >= 0.3 is 0 Å². The number of carbonyl (C=O) groups excluding carboxylic acids is 1. The van der Waals surface area contributed by atoms with Gasteiger partial charge in [0.05, 0.1) is 19.3 Å². The smallest absolute Gasteiger partial charge is 0.297 e. The monoisotopic (exact) mass is 538 g/mol. The molecule has 1 amide bonds. The number of amides is 1. The highest BCUT2D eigenvalue weighted by Gasteiger charge is 2.52. The molecule has 1 aliphatic heterocycles. The van der Waals surface area contributed by atoms with E-state index in [9.17, 15) is 14.7 Å². The van der Waals surface area contributed by atoms with E-state index in [4.69, 9.17) is 9.84 Å². The molecule has 35 heavy (non-hydrogen) atoms. The molecule has 0 saturated heterocycles. The summed E-state index contributed by atoms with van der Waals surface area (Å²) in [6, 6.07) is 16.1. The summed E-state index contributed by atoms with van der Waals surface area (Å²) in [5, 5.41) is 20.8. The minimum Gasteiger partial charge on any atom is -0.491 e. The zero-order valence-electron chi connectivity index (χ0n) is 19.5. The number of benzene rings is 2. The van der Waals surface area contributed by atoms with Gasteiger partial charge in [0.15, 0.2) is 11.4 Å².